The number of carbonyl (C=O) groups is 1. The Kier molecular flexibility index (Phi) is 7.14. The summed E-state index contributed by atoms with van der Waals surface area (Å²) in [6, 6.07) is 2.89. The summed E-state index contributed by atoms with van der Waals surface area (Å²) in [5.74, 6) is -0.382. The second kappa shape index (κ2) is 8.78. The van der Waals surface area contributed by atoms with E-state index in [4.69, 9.17) is 34.8 Å². The van der Waals surface area contributed by atoms with Crippen LogP contribution in [0.3, 0.4) is 0 Å². The highest BCUT2D eigenvalue weighted by Crippen LogP contribution is 2.31. The number of halogens is 3. The Morgan fingerprint density at radius 2 is 1.89 bits per heavy atom. The Bertz CT molecular complexity index is 816. The van der Waals surface area contributed by atoms with Crippen LogP contribution in [0.5, 0.6) is 0 Å². The molecule has 1 aromatic heterocycles. The molecule has 0 saturated heterocycles. The SMILES string of the molecule is C[C@@H](Cn1cc(CN(C)C(C)(C)C)nn1)NC(=O)c1c(Cl)ccc(Cl)c1Cl. The van der Waals surface area contributed by atoms with Gasteiger partial charge in [0.2, 0.25) is 0 Å². The van der Waals surface area contributed by atoms with Gasteiger partial charge in [0.15, 0.2) is 0 Å². The van der Waals surface area contributed by atoms with Gasteiger partial charge in [-0.15, -0.1) is 5.10 Å². The molecule has 9 heteroatoms. The molecule has 0 aliphatic rings. The Morgan fingerprint density at radius 3 is 2.52 bits per heavy atom. The zero-order valence-corrected chi connectivity index (χ0v) is 18.3. The topological polar surface area (TPSA) is 63.1 Å². The molecule has 2 aromatic rings. The number of nitrogens with one attached hydrogen (secondary N) is 1. The number of benzene rings is 1. The van der Waals surface area contributed by atoms with Crippen LogP contribution in [0.25, 0.3) is 0 Å². The lowest BCUT2D eigenvalue weighted by Gasteiger charge is -2.30. The van der Waals surface area contributed by atoms with Crippen molar-refractivity contribution >= 4 is 40.7 Å². The second-order valence-electron chi connectivity index (χ2n) is 7.55. The zero-order valence-electron chi connectivity index (χ0n) is 16.1. The molecular weight excluding hydrogens is 409 g/mol. The van der Waals surface area contributed by atoms with Crippen LogP contribution in [0.4, 0.5) is 0 Å². The summed E-state index contributed by atoms with van der Waals surface area (Å²) in [6.07, 6.45) is 1.88. The molecule has 0 aliphatic carbocycles. The predicted octanol–water partition coefficient (Wildman–Crippen LogP) is 4.29. The maximum atomic E-state index is 12.5. The van der Waals surface area contributed by atoms with Crippen LogP contribution in [0, 0.1) is 0 Å². The van der Waals surface area contributed by atoms with Gasteiger partial charge in [-0.25, -0.2) is 0 Å². The largest absolute Gasteiger partial charge is 0.348 e. The smallest absolute Gasteiger partial charge is 0.254 e. The highest BCUT2D eigenvalue weighted by atomic mass is 35.5. The van der Waals surface area contributed by atoms with E-state index in [1.807, 2.05) is 20.2 Å². The van der Waals surface area contributed by atoms with Gasteiger partial charge in [0.05, 0.1) is 32.9 Å². The molecule has 0 aliphatic heterocycles. The van der Waals surface area contributed by atoms with Gasteiger partial charge in [0.25, 0.3) is 5.91 Å². The fourth-order valence-corrected chi connectivity index (χ4v) is 3.04. The van der Waals surface area contributed by atoms with E-state index in [9.17, 15) is 4.79 Å². The first-order valence-corrected chi connectivity index (χ1v) is 9.67. The van der Waals surface area contributed by atoms with Crippen LogP contribution < -0.4 is 5.32 Å². The minimum atomic E-state index is -0.382. The third kappa shape index (κ3) is 5.82. The number of rotatable bonds is 6. The summed E-state index contributed by atoms with van der Waals surface area (Å²) in [6.45, 7) is 9.45. The normalized spacial score (nSPS) is 13.1. The van der Waals surface area contributed by atoms with Gasteiger partial charge in [0, 0.05) is 24.3 Å². The summed E-state index contributed by atoms with van der Waals surface area (Å²) in [7, 11) is 2.04. The molecule has 0 bridgehead atoms. The molecule has 6 nitrogen and oxygen atoms in total. The van der Waals surface area contributed by atoms with E-state index < -0.39 is 0 Å². The number of hydrogen-bond acceptors (Lipinski definition) is 4. The van der Waals surface area contributed by atoms with E-state index in [1.165, 1.54) is 0 Å². The fraction of sp³-hybridized carbons (Fsp3) is 0.500. The quantitative estimate of drug-likeness (QED) is 0.692. The van der Waals surface area contributed by atoms with E-state index in [0.717, 1.165) is 5.69 Å². The van der Waals surface area contributed by atoms with Crippen molar-refractivity contribution in [2.45, 2.75) is 52.4 Å². The number of amides is 1. The maximum Gasteiger partial charge on any atom is 0.254 e. The average Bonchev–Trinajstić information content (AvgIpc) is 2.97. The van der Waals surface area contributed by atoms with Crippen LogP contribution in [-0.2, 0) is 13.1 Å². The van der Waals surface area contributed by atoms with Gasteiger partial charge in [-0.2, -0.15) is 0 Å². The predicted molar refractivity (Wildman–Crippen MR) is 110 cm³/mol. The summed E-state index contributed by atoms with van der Waals surface area (Å²) in [5.41, 5.74) is 1.08. The molecule has 0 fully saturated rings. The first kappa shape index (κ1) is 22.0. The first-order valence-electron chi connectivity index (χ1n) is 8.53. The Hall–Kier alpha value is -1.34. The molecule has 0 unspecified atom stereocenters. The van der Waals surface area contributed by atoms with Crippen molar-refractivity contribution in [2.24, 2.45) is 0 Å². The molecule has 0 radical (unpaired) electrons. The minimum absolute atomic E-state index is 0.0422. The molecule has 1 atom stereocenters. The van der Waals surface area contributed by atoms with Crippen molar-refractivity contribution in [3.05, 3.63) is 44.7 Å². The lowest BCUT2D eigenvalue weighted by molar-refractivity contribution is 0.0936. The van der Waals surface area contributed by atoms with Gasteiger partial charge in [0.1, 0.15) is 0 Å². The van der Waals surface area contributed by atoms with Gasteiger partial charge in [-0.05, 0) is 46.9 Å². The molecule has 148 valence electrons. The van der Waals surface area contributed by atoms with Crippen molar-refractivity contribution < 1.29 is 4.79 Å². The molecular formula is C18H24Cl3N5O. The van der Waals surface area contributed by atoms with Crippen molar-refractivity contribution in [3.63, 3.8) is 0 Å². The van der Waals surface area contributed by atoms with E-state index in [0.29, 0.717) is 13.1 Å². The van der Waals surface area contributed by atoms with Crippen molar-refractivity contribution in [3.8, 4) is 0 Å². The van der Waals surface area contributed by atoms with Crippen LogP contribution in [0.2, 0.25) is 15.1 Å². The van der Waals surface area contributed by atoms with Gasteiger partial charge in [-0.3, -0.25) is 14.4 Å². The Balaban J connectivity index is 2.00. The lowest BCUT2D eigenvalue weighted by atomic mass is 10.1. The summed E-state index contributed by atoms with van der Waals surface area (Å²) in [4.78, 5) is 14.7. The van der Waals surface area contributed by atoms with Crippen LogP contribution in [0.1, 0.15) is 43.7 Å². The van der Waals surface area contributed by atoms with Crippen molar-refractivity contribution in [1.82, 2.24) is 25.2 Å². The number of carbonyl (C=O) groups excluding carboxylic acids is 1. The molecule has 0 spiro atoms. The highest BCUT2D eigenvalue weighted by Gasteiger charge is 2.20. The van der Waals surface area contributed by atoms with Gasteiger partial charge < -0.3 is 5.32 Å². The standard InChI is InChI=1S/C18H24Cl3N5O/c1-11(22-17(27)15-13(19)6-7-14(20)16(15)21)8-26-10-12(23-24-26)9-25(5)18(2,3)4/h6-7,10-11H,8-9H2,1-5H3,(H,22,27)/t11-/m0/s1. The average molecular weight is 433 g/mol. The molecule has 1 heterocycles. The van der Waals surface area contributed by atoms with Crippen LogP contribution >= 0.6 is 34.8 Å². The Morgan fingerprint density at radius 1 is 1.26 bits per heavy atom. The van der Waals surface area contributed by atoms with Crippen molar-refractivity contribution in [1.29, 1.82) is 0 Å². The third-order valence-electron chi connectivity index (χ3n) is 4.24. The molecule has 1 N–H and O–H groups in total. The first-order chi connectivity index (χ1) is 12.5. The molecule has 1 amide bonds. The summed E-state index contributed by atoms with van der Waals surface area (Å²) >= 11 is 18.2. The molecule has 0 saturated carbocycles. The summed E-state index contributed by atoms with van der Waals surface area (Å²) in [5, 5.41) is 11.9. The molecule has 1 aromatic carbocycles. The lowest BCUT2D eigenvalue weighted by Crippen LogP contribution is -2.37. The van der Waals surface area contributed by atoms with Crippen LogP contribution in [0.15, 0.2) is 18.3 Å². The van der Waals surface area contributed by atoms with E-state index in [1.54, 1.807) is 16.8 Å². The van der Waals surface area contributed by atoms with Gasteiger partial charge >= 0.3 is 0 Å². The van der Waals surface area contributed by atoms with E-state index >= 15 is 0 Å². The highest BCUT2D eigenvalue weighted by molar-refractivity contribution is 6.46. The third-order valence-corrected chi connectivity index (χ3v) is 5.36. The van der Waals surface area contributed by atoms with Gasteiger partial charge in [-0.1, -0.05) is 40.0 Å². The van der Waals surface area contributed by atoms with Crippen molar-refractivity contribution in [2.75, 3.05) is 7.05 Å². The zero-order chi connectivity index (χ0) is 20.4. The van der Waals surface area contributed by atoms with E-state index in [2.05, 4.69) is 41.3 Å². The number of aromatic nitrogens is 3. The number of hydrogen-bond donors (Lipinski definition) is 1. The molecule has 27 heavy (non-hydrogen) atoms. The van der Waals surface area contributed by atoms with E-state index in [-0.39, 0.29) is 38.1 Å². The second-order valence-corrected chi connectivity index (χ2v) is 8.74. The number of nitrogens with zero attached hydrogens (tertiary/aromatic N) is 4. The minimum Gasteiger partial charge on any atom is -0.348 e. The maximum absolute atomic E-state index is 12.5. The monoisotopic (exact) mass is 431 g/mol. The van der Waals surface area contributed by atoms with Crippen LogP contribution in [-0.4, -0.2) is 44.4 Å². The molecule has 2 rings (SSSR count). The summed E-state index contributed by atoms with van der Waals surface area (Å²) < 4.78 is 1.71. The Labute approximate surface area is 174 Å². The fourth-order valence-electron chi connectivity index (χ4n) is 2.34.